The summed E-state index contributed by atoms with van der Waals surface area (Å²) in [6.45, 7) is 2.09. The molecule has 0 aliphatic carbocycles. The summed E-state index contributed by atoms with van der Waals surface area (Å²) in [5.74, 6) is -1.23. The van der Waals surface area contributed by atoms with E-state index in [1.165, 1.54) is 18.2 Å². The molecule has 0 atom stereocenters. The van der Waals surface area contributed by atoms with Gasteiger partial charge in [0, 0.05) is 11.3 Å². The van der Waals surface area contributed by atoms with E-state index in [0.717, 1.165) is 35.1 Å². The third-order valence-corrected chi connectivity index (χ3v) is 7.06. The fourth-order valence-corrected chi connectivity index (χ4v) is 4.76. The Labute approximate surface area is 241 Å². The van der Waals surface area contributed by atoms with Crippen molar-refractivity contribution < 1.29 is 28.7 Å². The minimum Gasteiger partial charge on any atom is -0.488 e. The Kier molecular flexibility index (Phi) is 9.99. The van der Waals surface area contributed by atoms with E-state index >= 15 is 0 Å². The first-order valence-electron chi connectivity index (χ1n) is 12.6. The van der Waals surface area contributed by atoms with Crippen LogP contribution in [0.3, 0.4) is 0 Å². The van der Waals surface area contributed by atoms with Gasteiger partial charge in [0.2, 0.25) is 5.91 Å². The number of carbonyl (C=O) groups excluding carboxylic acids is 4. The van der Waals surface area contributed by atoms with Crippen molar-refractivity contribution in [1.82, 2.24) is 4.90 Å². The molecule has 40 heavy (non-hydrogen) atoms. The van der Waals surface area contributed by atoms with Crippen molar-refractivity contribution in [1.29, 1.82) is 0 Å². The number of hydrogen-bond acceptors (Lipinski definition) is 7. The molecule has 8 nitrogen and oxygen atoms in total. The quantitative estimate of drug-likeness (QED) is 0.156. The number of anilines is 1. The maximum atomic E-state index is 13.0. The molecular formula is C30H27ClN2O6S. The lowest BCUT2D eigenvalue weighted by atomic mass is 10.1. The molecule has 0 unspecified atom stereocenters. The van der Waals surface area contributed by atoms with E-state index in [0.29, 0.717) is 17.9 Å². The van der Waals surface area contributed by atoms with Crippen LogP contribution in [0, 0.1) is 0 Å². The minimum atomic E-state index is -0.609. The molecule has 10 heteroatoms. The molecule has 0 radical (unpaired) electrons. The summed E-state index contributed by atoms with van der Waals surface area (Å²) in [6.07, 6.45) is 3.17. The van der Waals surface area contributed by atoms with Gasteiger partial charge in [0.25, 0.3) is 11.1 Å². The third-order valence-electron chi connectivity index (χ3n) is 5.82. The van der Waals surface area contributed by atoms with Crippen LogP contribution < -0.4 is 10.1 Å². The van der Waals surface area contributed by atoms with E-state index in [4.69, 9.17) is 21.1 Å². The maximum Gasteiger partial charge on any atom is 0.339 e. The van der Waals surface area contributed by atoms with Crippen molar-refractivity contribution in [3.05, 3.63) is 99.4 Å². The zero-order chi connectivity index (χ0) is 28.5. The first kappa shape index (κ1) is 28.9. The molecule has 1 aliphatic heterocycles. The molecule has 1 fully saturated rings. The Hall–Kier alpha value is -4.08. The lowest BCUT2D eigenvalue weighted by molar-refractivity contribution is -0.127. The summed E-state index contributed by atoms with van der Waals surface area (Å²) in [5, 5.41) is 2.22. The van der Waals surface area contributed by atoms with Gasteiger partial charge in [-0.25, -0.2) is 4.79 Å². The molecule has 0 aromatic heterocycles. The number of hydrogen-bond donors (Lipinski definition) is 1. The first-order chi connectivity index (χ1) is 19.4. The van der Waals surface area contributed by atoms with Crippen molar-refractivity contribution in [3.63, 3.8) is 0 Å². The molecule has 4 rings (SSSR count). The van der Waals surface area contributed by atoms with E-state index < -0.39 is 29.6 Å². The lowest BCUT2D eigenvalue weighted by Crippen LogP contribution is -2.36. The van der Waals surface area contributed by atoms with Crippen LogP contribution in [0.25, 0.3) is 6.08 Å². The topological polar surface area (TPSA) is 102 Å². The molecule has 0 saturated carbocycles. The number of esters is 1. The molecule has 1 heterocycles. The van der Waals surface area contributed by atoms with Crippen LogP contribution in [0.2, 0.25) is 5.02 Å². The van der Waals surface area contributed by atoms with Gasteiger partial charge in [-0.15, -0.1) is 0 Å². The van der Waals surface area contributed by atoms with E-state index in [9.17, 15) is 19.2 Å². The molecule has 1 aliphatic rings. The number of thioether (sulfide) groups is 1. The van der Waals surface area contributed by atoms with Crippen LogP contribution in [-0.2, 0) is 20.9 Å². The van der Waals surface area contributed by atoms with Gasteiger partial charge in [-0.05, 0) is 54.1 Å². The average Bonchev–Trinajstić information content (AvgIpc) is 3.21. The molecule has 3 aromatic rings. The monoisotopic (exact) mass is 578 g/mol. The van der Waals surface area contributed by atoms with Gasteiger partial charge in [0.1, 0.15) is 18.9 Å². The fraction of sp³-hybridized carbons (Fsp3) is 0.200. The summed E-state index contributed by atoms with van der Waals surface area (Å²) in [6, 6.07) is 21.2. The summed E-state index contributed by atoms with van der Waals surface area (Å²) < 4.78 is 11.1. The van der Waals surface area contributed by atoms with Crippen molar-refractivity contribution in [2.45, 2.75) is 26.4 Å². The van der Waals surface area contributed by atoms with Gasteiger partial charge in [-0.1, -0.05) is 73.5 Å². The van der Waals surface area contributed by atoms with Gasteiger partial charge >= 0.3 is 5.97 Å². The van der Waals surface area contributed by atoms with Gasteiger partial charge in [-0.3, -0.25) is 19.3 Å². The molecule has 1 saturated heterocycles. The van der Waals surface area contributed by atoms with Crippen molar-refractivity contribution in [2.24, 2.45) is 0 Å². The summed E-state index contributed by atoms with van der Waals surface area (Å²) in [4.78, 5) is 51.7. The van der Waals surface area contributed by atoms with Gasteiger partial charge < -0.3 is 14.8 Å². The Morgan fingerprint density at radius 1 is 1.02 bits per heavy atom. The molecular weight excluding hydrogens is 552 g/mol. The van der Waals surface area contributed by atoms with Crippen LogP contribution in [0.5, 0.6) is 5.75 Å². The maximum absolute atomic E-state index is 13.0. The van der Waals surface area contributed by atoms with Crippen LogP contribution in [0.4, 0.5) is 10.5 Å². The normalized spacial score (nSPS) is 13.9. The van der Waals surface area contributed by atoms with E-state index in [2.05, 4.69) is 5.32 Å². The lowest BCUT2D eigenvalue weighted by Gasteiger charge is -2.13. The number of carbonyl (C=O) groups is 4. The van der Waals surface area contributed by atoms with Crippen LogP contribution >= 0.6 is 23.4 Å². The number of nitrogens with one attached hydrogen (secondary N) is 1. The molecule has 3 amide bonds. The predicted molar refractivity (Wildman–Crippen MR) is 155 cm³/mol. The number of amides is 3. The number of imide groups is 1. The Balaban J connectivity index is 1.41. The van der Waals surface area contributed by atoms with Crippen molar-refractivity contribution >= 4 is 58.1 Å². The predicted octanol–water partition coefficient (Wildman–Crippen LogP) is 6.55. The number of unbranched alkanes of at least 4 members (excludes halogenated alkanes) is 1. The standard InChI is InChI=1S/C30H27ClN2O6S/c1-2-3-15-38-29(36)23-17-22(13-14-24(23)31)32-27(34)18-33-28(35)26(40-30(33)37)16-21-11-7-8-12-25(21)39-19-20-9-5-4-6-10-20/h4-14,16-17H,2-3,15,18-19H2,1H3,(H,32,34)/b26-16+. The van der Waals surface area contributed by atoms with E-state index in [1.807, 2.05) is 43.3 Å². The van der Waals surface area contributed by atoms with Crippen LogP contribution in [0.15, 0.2) is 77.7 Å². The molecule has 0 bridgehead atoms. The highest BCUT2D eigenvalue weighted by molar-refractivity contribution is 8.18. The van der Waals surface area contributed by atoms with Crippen LogP contribution in [0.1, 0.15) is 41.3 Å². The van der Waals surface area contributed by atoms with Gasteiger partial charge in [-0.2, -0.15) is 0 Å². The fourth-order valence-electron chi connectivity index (χ4n) is 3.73. The second kappa shape index (κ2) is 13.8. The SMILES string of the molecule is CCCCOC(=O)c1cc(NC(=O)CN2C(=O)S/C(=C/c3ccccc3OCc3ccccc3)C2=O)ccc1Cl. The highest BCUT2D eigenvalue weighted by Gasteiger charge is 2.36. The van der Waals surface area contributed by atoms with Gasteiger partial charge in [0.15, 0.2) is 0 Å². The Morgan fingerprint density at radius 2 is 1.77 bits per heavy atom. The third kappa shape index (κ3) is 7.52. The van der Waals surface area contributed by atoms with E-state index in [1.54, 1.807) is 24.3 Å². The number of halogens is 1. The second-order valence-electron chi connectivity index (χ2n) is 8.81. The van der Waals surface area contributed by atoms with Crippen molar-refractivity contribution in [3.8, 4) is 5.75 Å². The number of ether oxygens (including phenoxy) is 2. The number of benzene rings is 3. The smallest absolute Gasteiger partial charge is 0.339 e. The number of para-hydroxylation sites is 1. The largest absolute Gasteiger partial charge is 0.488 e. The first-order valence-corrected chi connectivity index (χ1v) is 13.8. The highest BCUT2D eigenvalue weighted by atomic mass is 35.5. The van der Waals surface area contributed by atoms with Crippen LogP contribution in [-0.4, -0.2) is 41.1 Å². The summed E-state index contributed by atoms with van der Waals surface area (Å²) in [7, 11) is 0. The molecule has 1 N–H and O–H groups in total. The summed E-state index contributed by atoms with van der Waals surface area (Å²) in [5.41, 5.74) is 2.01. The minimum absolute atomic E-state index is 0.109. The average molecular weight is 579 g/mol. The number of nitrogens with zero attached hydrogens (tertiary/aromatic N) is 1. The van der Waals surface area contributed by atoms with E-state index in [-0.39, 0.29) is 27.8 Å². The second-order valence-corrected chi connectivity index (χ2v) is 10.2. The molecule has 0 spiro atoms. The van der Waals surface area contributed by atoms with Crippen molar-refractivity contribution in [2.75, 3.05) is 18.5 Å². The van der Waals surface area contributed by atoms with Gasteiger partial charge in [0.05, 0.1) is 22.1 Å². The highest BCUT2D eigenvalue weighted by Crippen LogP contribution is 2.34. The zero-order valence-electron chi connectivity index (χ0n) is 21.7. The molecule has 3 aromatic carbocycles. The number of rotatable bonds is 11. The zero-order valence-corrected chi connectivity index (χ0v) is 23.3. The Bertz CT molecular complexity index is 1440. The Morgan fingerprint density at radius 3 is 2.55 bits per heavy atom. The summed E-state index contributed by atoms with van der Waals surface area (Å²) >= 11 is 6.88. The molecule has 206 valence electrons.